The quantitative estimate of drug-likeness (QED) is 0.810. The highest BCUT2D eigenvalue weighted by Gasteiger charge is 2.39. The van der Waals surface area contributed by atoms with Gasteiger partial charge in [0.15, 0.2) is 0 Å². The van der Waals surface area contributed by atoms with E-state index >= 15 is 0 Å². The van der Waals surface area contributed by atoms with Crippen molar-refractivity contribution in [2.45, 2.75) is 29.9 Å². The molecule has 0 aromatic heterocycles. The fraction of sp³-hybridized carbons (Fsp3) is 0.500. The fourth-order valence-corrected chi connectivity index (χ4v) is 2.78. The van der Waals surface area contributed by atoms with Crippen molar-refractivity contribution in [1.29, 1.82) is 0 Å². The number of halogens is 1. The monoisotopic (exact) mass is 299 g/mol. The van der Waals surface area contributed by atoms with E-state index in [2.05, 4.69) is 5.32 Å². The Morgan fingerprint density at radius 1 is 1.60 bits per heavy atom. The molecule has 2 rings (SSSR count). The van der Waals surface area contributed by atoms with Crippen LogP contribution in [0.4, 0.5) is 4.39 Å². The predicted octanol–water partition coefficient (Wildman–Crippen LogP) is 1.57. The molecule has 6 heteroatoms. The molecular formula is C14H18FNO3S. The zero-order valence-electron chi connectivity index (χ0n) is 11.3. The van der Waals surface area contributed by atoms with E-state index < -0.39 is 5.60 Å². The molecule has 1 aliphatic rings. The largest absolute Gasteiger partial charge is 0.385 e. The molecule has 0 aliphatic carbocycles. The molecule has 0 radical (unpaired) electrons. The van der Waals surface area contributed by atoms with E-state index in [9.17, 15) is 14.3 Å². The molecule has 4 nitrogen and oxygen atoms in total. The van der Waals surface area contributed by atoms with E-state index in [1.807, 2.05) is 0 Å². The van der Waals surface area contributed by atoms with Gasteiger partial charge in [0.05, 0.1) is 11.9 Å². The number of ether oxygens (including phenoxy) is 1. The van der Waals surface area contributed by atoms with Gasteiger partial charge in [-0.2, -0.15) is 0 Å². The second-order valence-electron chi connectivity index (χ2n) is 4.86. The molecule has 0 saturated carbocycles. The predicted molar refractivity (Wildman–Crippen MR) is 75.1 cm³/mol. The second-order valence-corrected chi connectivity index (χ2v) is 5.88. The molecule has 110 valence electrons. The van der Waals surface area contributed by atoms with Crippen LogP contribution in [0.15, 0.2) is 29.2 Å². The number of aliphatic hydroxyl groups is 1. The third kappa shape index (κ3) is 3.71. The van der Waals surface area contributed by atoms with Crippen molar-refractivity contribution in [2.75, 3.05) is 18.9 Å². The molecule has 1 aromatic rings. The van der Waals surface area contributed by atoms with E-state index in [1.54, 1.807) is 25.1 Å². The van der Waals surface area contributed by atoms with Crippen LogP contribution in [0.1, 0.15) is 13.3 Å². The number of nitrogens with one attached hydrogen (secondary N) is 1. The zero-order valence-corrected chi connectivity index (χ0v) is 12.1. The Morgan fingerprint density at radius 3 is 3.00 bits per heavy atom. The summed E-state index contributed by atoms with van der Waals surface area (Å²) in [6.45, 7) is 2.44. The van der Waals surface area contributed by atoms with Crippen LogP contribution in [0.3, 0.4) is 0 Å². The van der Waals surface area contributed by atoms with E-state index in [0.29, 0.717) is 17.9 Å². The highest BCUT2D eigenvalue weighted by molar-refractivity contribution is 8.00. The van der Waals surface area contributed by atoms with Crippen LogP contribution < -0.4 is 5.32 Å². The van der Waals surface area contributed by atoms with Crippen molar-refractivity contribution in [3.8, 4) is 0 Å². The SMILES string of the molecule is CC1OCCC1(O)CNC(=O)CSc1ccccc1F. The number of carbonyl (C=O) groups is 1. The lowest BCUT2D eigenvalue weighted by Crippen LogP contribution is -2.47. The van der Waals surface area contributed by atoms with Gasteiger partial charge in [-0.3, -0.25) is 4.79 Å². The Morgan fingerprint density at radius 2 is 2.35 bits per heavy atom. The molecular weight excluding hydrogens is 281 g/mol. The van der Waals surface area contributed by atoms with Crippen LogP contribution in [0.25, 0.3) is 0 Å². The van der Waals surface area contributed by atoms with Crippen molar-refractivity contribution in [2.24, 2.45) is 0 Å². The van der Waals surface area contributed by atoms with Crippen LogP contribution in [-0.4, -0.2) is 41.6 Å². The van der Waals surface area contributed by atoms with Gasteiger partial charge in [-0.1, -0.05) is 12.1 Å². The summed E-state index contributed by atoms with van der Waals surface area (Å²) in [4.78, 5) is 12.2. The minimum absolute atomic E-state index is 0.117. The average Bonchev–Trinajstić information content (AvgIpc) is 2.76. The topological polar surface area (TPSA) is 58.6 Å². The van der Waals surface area contributed by atoms with Crippen molar-refractivity contribution < 1.29 is 19.0 Å². The van der Waals surface area contributed by atoms with Gasteiger partial charge in [-0.05, 0) is 19.1 Å². The Hall–Kier alpha value is -1.11. The molecule has 0 bridgehead atoms. The summed E-state index contributed by atoms with van der Waals surface area (Å²) in [7, 11) is 0. The third-order valence-electron chi connectivity index (χ3n) is 3.45. The van der Waals surface area contributed by atoms with Crippen LogP contribution in [-0.2, 0) is 9.53 Å². The molecule has 2 unspecified atom stereocenters. The first-order chi connectivity index (χ1) is 9.51. The maximum absolute atomic E-state index is 13.4. The number of rotatable bonds is 5. The highest BCUT2D eigenvalue weighted by Crippen LogP contribution is 2.25. The number of hydrogen-bond acceptors (Lipinski definition) is 4. The lowest BCUT2D eigenvalue weighted by Gasteiger charge is -2.26. The summed E-state index contributed by atoms with van der Waals surface area (Å²) in [5.41, 5.74) is -1.00. The molecule has 1 saturated heterocycles. The molecule has 1 amide bonds. The van der Waals surface area contributed by atoms with E-state index in [1.165, 1.54) is 6.07 Å². The van der Waals surface area contributed by atoms with Crippen molar-refractivity contribution in [1.82, 2.24) is 5.32 Å². The Bertz CT molecular complexity index is 485. The van der Waals surface area contributed by atoms with Crippen LogP contribution in [0.2, 0.25) is 0 Å². The molecule has 2 N–H and O–H groups in total. The Labute approximate surface area is 121 Å². The van der Waals surface area contributed by atoms with Gasteiger partial charge in [0, 0.05) is 24.5 Å². The summed E-state index contributed by atoms with van der Waals surface area (Å²) >= 11 is 1.14. The standard InChI is InChI=1S/C14H18FNO3S/c1-10-14(18,6-7-19-10)9-16-13(17)8-20-12-5-3-2-4-11(12)15/h2-5,10,18H,6-9H2,1H3,(H,16,17). The van der Waals surface area contributed by atoms with E-state index in [4.69, 9.17) is 4.74 Å². The maximum Gasteiger partial charge on any atom is 0.230 e. The Balaban J connectivity index is 1.77. The van der Waals surface area contributed by atoms with Crippen molar-refractivity contribution in [3.63, 3.8) is 0 Å². The minimum Gasteiger partial charge on any atom is -0.385 e. The average molecular weight is 299 g/mol. The van der Waals surface area contributed by atoms with Gasteiger partial charge in [0.25, 0.3) is 0 Å². The summed E-state index contributed by atoms with van der Waals surface area (Å²) in [6.07, 6.45) is 0.219. The summed E-state index contributed by atoms with van der Waals surface area (Å²) in [5, 5.41) is 12.9. The van der Waals surface area contributed by atoms with Crippen LogP contribution in [0.5, 0.6) is 0 Å². The maximum atomic E-state index is 13.4. The number of amides is 1. The smallest absolute Gasteiger partial charge is 0.230 e. The first-order valence-corrected chi connectivity index (χ1v) is 7.48. The minimum atomic E-state index is -1.00. The van der Waals surface area contributed by atoms with Crippen LogP contribution >= 0.6 is 11.8 Å². The molecule has 1 fully saturated rings. The normalized spacial score (nSPS) is 25.6. The van der Waals surface area contributed by atoms with Crippen LogP contribution in [0, 0.1) is 5.82 Å². The first kappa shape index (κ1) is 15.3. The zero-order chi connectivity index (χ0) is 14.6. The molecule has 1 aliphatic heterocycles. The third-order valence-corrected chi connectivity index (χ3v) is 4.50. The summed E-state index contributed by atoms with van der Waals surface area (Å²) in [5.74, 6) is -0.445. The number of carbonyl (C=O) groups excluding carboxylic acids is 1. The van der Waals surface area contributed by atoms with Gasteiger partial charge < -0.3 is 15.2 Å². The van der Waals surface area contributed by atoms with Crippen molar-refractivity contribution in [3.05, 3.63) is 30.1 Å². The molecule has 0 spiro atoms. The number of benzene rings is 1. The summed E-state index contributed by atoms with van der Waals surface area (Å²) in [6, 6.07) is 6.33. The van der Waals surface area contributed by atoms with Gasteiger partial charge in [-0.25, -0.2) is 4.39 Å². The van der Waals surface area contributed by atoms with Gasteiger partial charge >= 0.3 is 0 Å². The van der Waals surface area contributed by atoms with E-state index in [-0.39, 0.29) is 30.1 Å². The lowest BCUT2D eigenvalue weighted by molar-refractivity contribution is -0.120. The van der Waals surface area contributed by atoms with E-state index in [0.717, 1.165) is 11.8 Å². The highest BCUT2D eigenvalue weighted by atomic mass is 32.2. The Kier molecular flexibility index (Phi) is 5.01. The molecule has 2 atom stereocenters. The fourth-order valence-electron chi connectivity index (χ4n) is 2.01. The van der Waals surface area contributed by atoms with Gasteiger partial charge in [0.2, 0.25) is 5.91 Å². The number of thioether (sulfide) groups is 1. The molecule has 1 heterocycles. The second kappa shape index (κ2) is 6.56. The first-order valence-electron chi connectivity index (χ1n) is 6.49. The van der Waals surface area contributed by atoms with Gasteiger partial charge in [-0.15, -0.1) is 11.8 Å². The van der Waals surface area contributed by atoms with Crippen molar-refractivity contribution >= 4 is 17.7 Å². The molecule has 1 aromatic carbocycles. The number of hydrogen-bond donors (Lipinski definition) is 2. The lowest BCUT2D eigenvalue weighted by atomic mass is 9.97. The molecule has 20 heavy (non-hydrogen) atoms. The summed E-state index contributed by atoms with van der Waals surface area (Å²) < 4.78 is 18.7. The van der Waals surface area contributed by atoms with Gasteiger partial charge in [0.1, 0.15) is 11.4 Å².